The number of amides is 1. The number of unbranched alkanes of at least 4 members (excludes halogenated alkanes) is 1. The van der Waals surface area contributed by atoms with Crippen molar-refractivity contribution in [3.05, 3.63) is 41.9 Å². The van der Waals surface area contributed by atoms with E-state index in [-0.39, 0.29) is 12.7 Å². The van der Waals surface area contributed by atoms with Crippen LogP contribution in [0.4, 0.5) is 0 Å². The van der Waals surface area contributed by atoms with Gasteiger partial charge in [0.15, 0.2) is 11.5 Å². The number of carbonyl (C=O) groups excluding carboxylic acids is 1. The molecule has 0 saturated heterocycles. The quantitative estimate of drug-likeness (QED) is 0.600. The average molecular weight is 330 g/mol. The first-order valence-corrected chi connectivity index (χ1v) is 8.29. The topological polar surface area (TPSA) is 51.7 Å². The molecule has 0 atom stereocenters. The summed E-state index contributed by atoms with van der Waals surface area (Å²) in [5.41, 5.74) is 1.40. The molecule has 2 aromatic rings. The monoisotopic (exact) mass is 330 g/mol. The first kappa shape index (κ1) is 15.6. The SMILES string of the molecule is C=CCCCN(C)C(=O)c1csc(-c2ccc3c(c2)OCO3)n1. The number of allylic oxidation sites excluding steroid dienone is 1. The van der Waals surface area contributed by atoms with Crippen molar-refractivity contribution < 1.29 is 14.3 Å². The van der Waals surface area contributed by atoms with Crippen molar-refractivity contribution in [1.82, 2.24) is 9.88 Å². The summed E-state index contributed by atoms with van der Waals surface area (Å²) >= 11 is 1.45. The van der Waals surface area contributed by atoms with Crippen molar-refractivity contribution in [2.75, 3.05) is 20.4 Å². The molecule has 0 radical (unpaired) electrons. The van der Waals surface area contributed by atoms with Crippen LogP contribution in [0.15, 0.2) is 36.2 Å². The van der Waals surface area contributed by atoms with Gasteiger partial charge in [0.25, 0.3) is 5.91 Å². The molecule has 6 heteroatoms. The molecule has 1 aliphatic heterocycles. The fraction of sp³-hybridized carbons (Fsp3) is 0.294. The van der Waals surface area contributed by atoms with Gasteiger partial charge in [0.05, 0.1) is 0 Å². The van der Waals surface area contributed by atoms with Gasteiger partial charge in [0.1, 0.15) is 10.7 Å². The van der Waals surface area contributed by atoms with Crippen molar-refractivity contribution in [2.24, 2.45) is 0 Å². The third kappa shape index (κ3) is 3.37. The lowest BCUT2D eigenvalue weighted by Gasteiger charge is -2.14. The Morgan fingerprint density at radius 1 is 1.43 bits per heavy atom. The van der Waals surface area contributed by atoms with E-state index in [0.717, 1.165) is 29.2 Å². The van der Waals surface area contributed by atoms with E-state index < -0.39 is 0 Å². The number of carbonyl (C=O) groups is 1. The fourth-order valence-electron chi connectivity index (χ4n) is 2.30. The number of hydrogen-bond acceptors (Lipinski definition) is 5. The molecule has 0 bridgehead atoms. The molecule has 1 aromatic heterocycles. The summed E-state index contributed by atoms with van der Waals surface area (Å²) in [4.78, 5) is 18.5. The molecule has 0 spiro atoms. The van der Waals surface area contributed by atoms with Crippen molar-refractivity contribution >= 4 is 17.2 Å². The molecular weight excluding hydrogens is 312 g/mol. The minimum absolute atomic E-state index is 0.0581. The zero-order valence-electron chi connectivity index (χ0n) is 12.9. The molecule has 120 valence electrons. The van der Waals surface area contributed by atoms with Gasteiger partial charge >= 0.3 is 0 Å². The first-order chi connectivity index (χ1) is 11.2. The summed E-state index contributed by atoms with van der Waals surface area (Å²) in [6.07, 6.45) is 3.67. The number of benzene rings is 1. The first-order valence-electron chi connectivity index (χ1n) is 7.41. The number of nitrogens with zero attached hydrogens (tertiary/aromatic N) is 2. The Balaban J connectivity index is 1.72. The predicted octanol–water partition coefficient (Wildman–Crippen LogP) is 3.58. The largest absolute Gasteiger partial charge is 0.454 e. The highest BCUT2D eigenvalue weighted by molar-refractivity contribution is 7.13. The molecule has 0 saturated carbocycles. The highest BCUT2D eigenvalue weighted by Crippen LogP contribution is 2.36. The number of thiazole rings is 1. The summed E-state index contributed by atoms with van der Waals surface area (Å²) in [5, 5.41) is 2.60. The number of fused-ring (bicyclic) bond motifs is 1. The third-order valence-electron chi connectivity index (χ3n) is 3.59. The van der Waals surface area contributed by atoms with Crippen LogP contribution < -0.4 is 9.47 Å². The molecule has 0 unspecified atom stereocenters. The molecule has 23 heavy (non-hydrogen) atoms. The standard InChI is InChI=1S/C17H18N2O3S/c1-3-4-5-8-19(2)17(20)13-10-23-16(18-13)12-6-7-14-15(9-12)22-11-21-14/h3,6-7,9-10H,1,4-5,8,11H2,2H3. The number of aromatic nitrogens is 1. The molecule has 5 nitrogen and oxygen atoms in total. The number of rotatable bonds is 6. The van der Waals surface area contributed by atoms with Gasteiger partial charge in [0.2, 0.25) is 6.79 Å². The Kier molecular flexibility index (Phi) is 4.62. The second-order valence-corrected chi connectivity index (χ2v) is 6.12. The fourth-order valence-corrected chi connectivity index (χ4v) is 3.09. The van der Waals surface area contributed by atoms with E-state index in [9.17, 15) is 4.79 Å². The zero-order valence-corrected chi connectivity index (χ0v) is 13.8. The van der Waals surface area contributed by atoms with Crippen LogP contribution in [0.3, 0.4) is 0 Å². The summed E-state index contributed by atoms with van der Waals surface area (Å²) in [7, 11) is 1.80. The van der Waals surface area contributed by atoms with Crippen molar-refractivity contribution in [1.29, 1.82) is 0 Å². The molecule has 0 N–H and O–H groups in total. The van der Waals surface area contributed by atoms with Gasteiger partial charge in [-0.1, -0.05) is 6.08 Å². The summed E-state index contributed by atoms with van der Waals surface area (Å²) < 4.78 is 10.7. The molecule has 1 aromatic carbocycles. The van der Waals surface area contributed by atoms with Gasteiger partial charge in [-0.15, -0.1) is 17.9 Å². The third-order valence-corrected chi connectivity index (χ3v) is 4.48. The maximum atomic E-state index is 12.4. The lowest BCUT2D eigenvalue weighted by atomic mass is 10.2. The van der Waals surface area contributed by atoms with E-state index in [1.54, 1.807) is 17.3 Å². The van der Waals surface area contributed by atoms with Crippen LogP contribution in [-0.2, 0) is 0 Å². The smallest absolute Gasteiger partial charge is 0.273 e. The lowest BCUT2D eigenvalue weighted by Crippen LogP contribution is -2.27. The predicted molar refractivity (Wildman–Crippen MR) is 90.1 cm³/mol. The Morgan fingerprint density at radius 3 is 3.09 bits per heavy atom. The van der Waals surface area contributed by atoms with Gasteiger partial charge in [-0.05, 0) is 31.0 Å². The van der Waals surface area contributed by atoms with E-state index in [0.29, 0.717) is 18.0 Å². The van der Waals surface area contributed by atoms with Crippen LogP contribution in [0.25, 0.3) is 10.6 Å². The van der Waals surface area contributed by atoms with E-state index >= 15 is 0 Å². The van der Waals surface area contributed by atoms with Crippen LogP contribution in [0, 0.1) is 0 Å². The Bertz CT molecular complexity index is 726. The summed E-state index contributed by atoms with van der Waals surface area (Å²) in [6.45, 7) is 4.63. The second kappa shape index (κ2) is 6.83. The minimum Gasteiger partial charge on any atom is -0.454 e. The van der Waals surface area contributed by atoms with Crippen LogP contribution in [0.5, 0.6) is 11.5 Å². The molecule has 1 aliphatic rings. The molecule has 1 amide bonds. The highest BCUT2D eigenvalue weighted by Gasteiger charge is 2.18. The molecule has 2 heterocycles. The van der Waals surface area contributed by atoms with Crippen molar-refractivity contribution in [3.63, 3.8) is 0 Å². The highest BCUT2D eigenvalue weighted by atomic mass is 32.1. The normalized spacial score (nSPS) is 12.2. The number of ether oxygens (including phenoxy) is 2. The second-order valence-electron chi connectivity index (χ2n) is 5.26. The maximum Gasteiger partial charge on any atom is 0.273 e. The van der Waals surface area contributed by atoms with Crippen molar-refractivity contribution in [3.8, 4) is 22.1 Å². The molecule has 0 fully saturated rings. The number of hydrogen-bond donors (Lipinski definition) is 0. The van der Waals surface area contributed by atoms with Crippen LogP contribution >= 0.6 is 11.3 Å². The van der Waals surface area contributed by atoms with Crippen molar-refractivity contribution in [2.45, 2.75) is 12.8 Å². The van der Waals surface area contributed by atoms with E-state index in [4.69, 9.17) is 9.47 Å². The van der Waals surface area contributed by atoms with Gasteiger partial charge in [-0.25, -0.2) is 4.98 Å². The Labute approximate surface area is 139 Å². The van der Waals surface area contributed by atoms with Crippen LogP contribution in [-0.4, -0.2) is 36.2 Å². The van der Waals surface area contributed by atoms with E-state index in [1.807, 2.05) is 24.3 Å². The summed E-state index contributed by atoms with van der Waals surface area (Å²) in [5.74, 6) is 1.40. The van der Waals surface area contributed by atoms with E-state index in [1.165, 1.54) is 11.3 Å². The van der Waals surface area contributed by atoms with Gasteiger partial charge < -0.3 is 14.4 Å². The molecule has 3 rings (SSSR count). The Hall–Kier alpha value is -2.34. The zero-order chi connectivity index (χ0) is 16.2. The van der Waals surface area contributed by atoms with Gasteiger partial charge in [-0.2, -0.15) is 0 Å². The van der Waals surface area contributed by atoms with E-state index in [2.05, 4.69) is 11.6 Å². The maximum absolute atomic E-state index is 12.4. The van der Waals surface area contributed by atoms with Crippen LogP contribution in [0.2, 0.25) is 0 Å². The molecule has 0 aliphatic carbocycles. The minimum atomic E-state index is -0.0581. The average Bonchev–Trinajstić information content (AvgIpc) is 3.22. The van der Waals surface area contributed by atoms with Gasteiger partial charge in [0, 0.05) is 24.5 Å². The van der Waals surface area contributed by atoms with Gasteiger partial charge in [-0.3, -0.25) is 4.79 Å². The summed E-state index contributed by atoms with van der Waals surface area (Å²) in [6, 6.07) is 5.68. The molecular formula is C17H18N2O3S. The van der Waals surface area contributed by atoms with Crippen LogP contribution in [0.1, 0.15) is 23.3 Å². The Morgan fingerprint density at radius 2 is 2.26 bits per heavy atom. The lowest BCUT2D eigenvalue weighted by molar-refractivity contribution is 0.0789.